The molecule has 7 aromatic carbocycles. The van der Waals surface area contributed by atoms with Crippen molar-refractivity contribution in [1.82, 2.24) is 0 Å². The zero-order valence-electron chi connectivity index (χ0n) is 28.4. The fourth-order valence-corrected chi connectivity index (χ4v) is 8.30. The van der Waals surface area contributed by atoms with Gasteiger partial charge in [-0.3, -0.25) is 0 Å². The third-order valence-corrected chi connectivity index (χ3v) is 10.6. The molecular weight excluding hydrogens is 607 g/mol. The van der Waals surface area contributed by atoms with Crippen molar-refractivity contribution in [3.05, 3.63) is 163 Å². The highest BCUT2D eigenvalue weighted by Gasteiger charge is 2.46. The summed E-state index contributed by atoms with van der Waals surface area (Å²) in [4.78, 5) is 5.04. The first-order chi connectivity index (χ1) is 24.5. The quantitative estimate of drug-likeness (QED) is 0.179. The number of furan rings is 1. The lowest BCUT2D eigenvalue weighted by Gasteiger charge is -2.46. The van der Waals surface area contributed by atoms with Gasteiger partial charge in [0.05, 0.1) is 5.69 Å². The van der Waals surface area contributed by atoms with Gasteiger partial charge in [0.15, 0.2) is 5.58 Å². The van der Waals surface area contributed by atoms with E-state index in [9.17, 15) is 0 Å². The minimum atomic E-state index is -0.0985. The average molecular weight is 643 g/mol. The van der Waals surface area contributed by atoms with E-state index in [1.165, 1.54) is 44.7 Å². The Balaban J connectivity index is 1.30. The smallest absolute Gasteiger partial charge is 0.333 e. The Morgan fingerprint density at radius 2 is 1.20 bits per heavy atom. The fraction of sp³-hybridized carbons (Fsp3) is 0.0870. The summed E-state index contributed by atoms with van der Waals surface area (Å²) in [6, 6.07) is 57.5. The number of fused-ring (bicyclic) bond motifs is 7. The maximum absolute atomic E-state index is 6.91. The molecule has 0 N–H and O–H groups in total. The van der Waals surface area contributed by atoms with Crippen LogP contribution in [0.3, 0.4) is 0 Å². The third-order valence-electron chi connectivity index (χ3n) is 10.6. The van der Waals surface area contributed by atoms with E-state index < -0.39 is 0 Å². The summed E-state index contributed by atoms with van der Waals surface area (Å²) < 4.78 is 6.91. The van der Waals surface area contributed by atoms with Crippen molar-refractivity contribution in [3.63, 3.8) is 0 Å². The Labute approximate surface area is 293 Å². The SMILES string of the molecule is CC(C)(C)c1ccc(N2c3ccccc3B3c4c(cccc42)-c2ccccc2N3c2c(-c3ccccc3)ccc3c2oc2ccccc23)cc1. The summed E-state index contributed by atoms with van der Waals surface area (Å²) >= 11 is 0. The molecular formula is C46H35BN2O. The Morgan fingerprint density at radius 1 is 0.520 bits per heavy atom. The number of hydrogen-bond acceptors (Lipinski definition) is 3. The second kappa shape index (κ2) is 10.8. The van der Waals surface area contributed by atoms with E-state index in [-0.39, 0.29) is 12.3 Å². The molecule has 0 bridgehead atoms. The van der Waals surface area contributed by atoms with E-state index in [1.807, 2.05) is 0 Å². The highest BCUT2D eigenvalue weighted by Crippen LogP contribution is 2.51. The monoisotopic (exact) mass is 642 g/mol. The normalized spacial score (nSPS) is 13.4. The Hall–Kier alpha value is -6.00. The topological polar surface area (TPSA) is 19.6 Å². The van der Waals surface area contributed by atoms with Gasteiger partial charge in [0.1, 0.15) is 5.58 Å². The van der Waals surface area contributed by atoms with Gasteiger partial charge < -0.3 is 14.1 Å². The van der Waals surface area contributed by atoms with E-state index in [0.717, 1.165) is 44.4 Å². The lowest BCUT2D eigenvalue weighted by atomic mass is 9.43. The molecule has 2 aliphatic rings. The van der Waals surface area contributed by atoms with Crippen molar-refractivity contribution in [2.45, 2.75) is 26.2 Å². The average Bonchev–Trinajstić information content (AvgIpc) is 3.54. The molecule has 0 fully saturated rings. The summed E-state index contributed by atoms with van der Waals surface area (Å²) in [6.45, 7) is 6.72. The highest BCUT2D eigenvalue weighted by molar-refractivity contribution is 6.93. The molecule has 0 aliphatic carbocycles. The van der Waals surface area contributed by atoms with Gasteiger partial charge in [-0.25, -0.2) is 0 Å². The van der Waals surface area contributed by atoms with Gasteiger partial charge in [0.25, 0.3) is 0 Å². The fourth-order valence-electron chi connectivity index (χ4n) is 8.30. The summed E-state index contributed by atoms with van der Waals surface area (Å²) in [5.74, 6) is 0. The van der Waals surface area contributed by atoms with Gasteiger partial charge >= 0.3 is 6.85 Å². The third kappa shape index (κ3) is 4.18. The molecule has 0 spiro atoms. The Kier molecular flexibility index (Phi) is 6.23. The van der Waals surface area contributed by atoms with Crippen LogP contribution in [-0.2, 0) is 5.41 Å². The molecule has 1 aromatic heterocycles. The van der Waals surface area contributed by atoms with Crippen molar-refractivity contribution < 1.29 is 4.42 Å². The van der Waals surface area contributed by atoms with Crippen LogP contribution < -0.4 is 20.6 Å². The minimum absolute atomic E-state index is 0.0771. The van der Waals surface area contributed by atoms with Crippen LogP contribution in [0.4, 0.5) is 28.4 Å². The first-order valence-corrected chi connectivity index (χ1v) is 17.5. The molecule has 0 atom stereocenters. The van der Waals surface area contributed by atoms with Crippen LogP contribution in [-0.4, -0.2) is 6.85 Å². The van der Waals surface area contributed by atoms with E-state index >= 15 is 0 Å². The van der Waals surface area contributed by atoms with Crippen molar-refractivity contribution in [2.24, 2.45) is 0 Å². The maximum atomic E-state index is 6.91. The van der Waals surface area contributed by atoms with Crippen molar-refractivity contribution in [3.8, 4) is 22.3 Å². The molecule has 50 heavy (non-hydrogen) atoms. The molecule has 0 saturated heterocycles. The number of para-hydroxylation sites is 3. The predicted molar refractivity (Wildman–Crippen MR) is 212 cm³/mol. The molecule has 0 radical (unpaired) electrons. The summed E-state index contributed by atoms with van der Waals surface area (Å²) in [7, 11) is 0. The zero-order chi connectivity index (χ0) is 33.6. The number of anilines is 5. The lowest BCUT2D eigenvalue weighted by Crippen LogP contribution is -2.61. The summed E-state index contributed by atoms with van der Waals surface area (Å²) in [6.07, 6.45) is 0. The first kappa shape index (κ1) is 29.0. The van der Waals surface area contributed by atoms with Gasteiger partial charge in [0.2, 0.25) is 0 Å². The van der Waals surface area contributed by atoms with Gasteiger partial charge in [0, 0.05) is 44.6 Å². The standard InChI is InChI=1S/C46H35BN2O/c1-46(2,3)31-24-26-32(27-25-31)48-40-21-11-9-19-38(40)47-43-36(18-13-22-41(43)48)34-16-7-10-20-39(34)49(47)44-33(30-14-5-4-6-15-30)28-29-37-35-17-8-12-23-42(35)50-45(37)44/h4-29H,1-3H3. The van der Waals surface area contributed by atoms with Crippen LogP contribution in [0.25, 0.3) is 44.2 Å². The van der Waals surface area contributed by atoms with E-state index in [2.05, 4.69) is 188 Å². The van der Waals surface area contributed by atoms with E-state index in [1.54, 1.807) is 0 Å². The molecule has 10 rings (SSSR count). The van der Waals surface area contributed by atoms with Crippen LogP contribution in [0.5, 0.6) is 0 Å². The van der Waals surface area contributed by atoms with Gasteiger partial charge in [-0.15, -0.1) is 0 Å². The van der Waals surface area contributed by atoms with Crippen LogP contribution in [0.1, 0.15) is 26.3 Å². The first-order valence-electron chi connectivity index (χ1n) is 17.5. The molecule has 8 aromatic rings. The largest absolute Gasteiger partial charge is 0.454 e. The minimum Gasteiger partial charge on any atom is -0.454 e. The maximum Gasteiger partial charge on any atom is 0.333 e. The molecule has 238 valence electrons. The molecule has 4 heteroatoms. The molecule has 0 saturated carbocycles. The highest BCUT2D eigenvalue weighted by atomic mass is 16.3. The lowest BCUT2D eigenvalue weighted by molar-refractivity contribution is 0.590. The Morgan fingerprint density at radius 3 is 2.02 bits per heavy atom. The number of benzene rings is 7. The summed E-state index contributed by atoms with van der Waals surface area (Å²) in [5, 5.41) is 2.25. The molecule has 3 heterocycles. The van der Waals surface area contributed by atoms with Crippen LogP contribution >= 0.6 is 0 Å². The zero-order valence-corrected chi connectivity index (χ0v) is 28.4. The van der Waals surface area contributed by atoms with Gasteiger partial charge in [-0.2, -0.15) is 0 Å². The van der Waals surface area contributed by atoms with Gasteiger partial charge in [-0.1, -0.05) is 136 Å². The molecule has 0 unspecified atom stereocenters. The number of rotatable bonds is 3. The predicted octanol–water partition coefficient (Wildman–Crippen LogP) is 11.3. The van der Waals surface area contributed by atoms with Crippen LogP contribution in [0.2, 0.25) is 0 Å². The van der Waals surface area contributed by atoms with E-state index in [4.69, 9.17) is 4.42 Å². The van der Waals surface area contributed by atoms with Crippen molar-refractivity contribution in [1.29, 1.82) is 0 Å². The molecule has 2 aliphatic heterocycles. The summed E-state index contributed by atoms with van der Waals surface area (Å²) in [5.41, 5.74) is 16.4. The molecule has 0 amide bonds. The Bertz CT molecular complexity index is 2600. The van der Waals surface area contributed by atoms with Crippen LogP contribution in [0, 0.1) is 0 Å². The van der Waals surface area contributed by atoms with Crippen molar-refractivity contribution >= 4 is 68.1 Å². The van der Waals surface area contributed by atoms with Crippen molar-refractivity contribution in [2.75, 3.05) is 9.71 Å². The second-order valence-corrected chi connectivity index (χ2v) is 14.5. The second-order valence-electron chi connectivity index (χ2n) is 14.5. The number of nitrogens with zero attached hydrogens (tertiary/aromatic N) is 2. The van der Waals surface area contributed by atoms with Gasteiger partial charge in [-0.05, 0) is 75.5 Å². The van der Waals surface area contributed by atoms with E-state index in [0.29, 0.717) is 0 Å². The number of hydrogen-bond donors (Lipinski definition) is 0. The van der Waals surface area contributed by atoms with Crippen LogP contribution in [0.15, 0.2) is 162 Å². The molecule has 3 nitrogen and oxygen atoms in total.